The lowest BCUT2D eigenvalue weighted by Gasteiger charge is -2.11. The average Bonchev–Trinajstić information content (AvgIpc) is 3.15. The molecule has 1 amide bonds. The number of amides is 1. The second-order valence-corrected chi connectivity index (χ2v) is 6.82. The van der Waals surface area contributed by atoms with Gasteiger partial charge in [-0.2, -0.15) is 10.2 Å². The molecule has 1 N–H and O–H groups in total. The van der Waals surface area contributed by atoms with Gasteiger partial charge in [0, 0.05) is 24.9 Å². The van der Waals surface area contributed by atoms with Crippen molar-refractivity contribution in [2.45, 2.75) is 6.61 Å². The number of rotatable bonds is 7. The number of aryl methyl sites for hydroxylation is 1. The van der Waals surface area contributed by atoms with Gasteiger partial charge in [0.05, 0.1) is 23.4 Å². The smallest absolute Gasteiger partial charge is 0.291 e. The van der Waals surface area contributed by atoms with E-state index in [4.69, 9.17) is 32.7 Å². The van der Waals surface area contributed by atoms with Crippen LogP contribution in [-0.2, 0) is 13.7 Å². The summed E-state index contributed by atoms with van der Waals surface area (Å²) in [4.78, 5) is 11.9. The minimum atomic E-state index is -0.388. The summed E-state index contributed by atoms with van der Waals surface area (Å²) in [5.74, 6) is 0.842. The Morgan fingerprint density at radius 3 is 2.72 bits per heavy atom. The van der Waals surface area contributed by atoms with Gasteiger partial charge in [-0.1, -0.05) is 35.3 Å². The zero-order chi connectivity index (χ0) is 20.8. The SMILES string of the molecule is COc1cc(C=NNC(=O)c2ccn(C)n2)ccc1COc1ccc(Cl)c(Cl)c1. The van der Waals surface area contributed by atoms with Gasteiger partial charge in [-0.15, -0.1) is 0 Å². The first kappa shape index (κ1) is 20.7. The number of ether oxygens (including phenoxy) is 2. The topological polar surface area (TPSA) is 77.7 Å². The second-order valence-electron chi connectivity index (χ2n) is 6.01. The van der Waals surface area contributed by atoms with E-state index in [-0.39, 0.29) is 18.2 Å². The van der Waals surface area contributed by atoms with Gasteiger partial charge in [-0.3, -0.25) is 9.48 Å². The van der Waals surface area contributed by atoms with Crippen molar-refractivity contribution < 1.29 is 14.3 Å². The molecule has 3 rings (SSSR count). The van der Waals surface area contributed by atoms with E-state index < -0.39 is 0 Å². The molecule has 0 atom stereocenters. The maximum Gasteiger partial charge on any atom is 0.291 e. The third-order valence-electron chi connectivity index (χ3n) is 3.92. The van der Waals surface area contributed by atoms with E-state index in [1.165, 1.54) is 6.21 Å². The first-order valence-electron chi connectivity index (χ1n) is 8.54. The van der Waals surface area contributed by atoms with E-state index >= 15 is 0 Å². The van der Waals surface area contributed by atoms with Crippen LogP contribution in [0, 0.1) is 0 Å². The zero-order valence-corrected chi connectivity index (χ0v) is 17.2. The first-order chi connectivity index (χ1) is 14.0. The van der Waals surface area contributed by atoms with Crippen molar-refractivity contribution in [3.63, 3.8) is 0 Å². The summed E-state index contributed by atoms with van der Waals surface area (Å²) in [7, 11) is 3.31. The summed E-state index contributed by atoms with van der Waals surface area (Å²) in [5.41, 5.74) is 4.32. The number of benzene rings is 2. The van der Waals surface area contributed by atoms with Crippen LogP contribution in [-0.4, -0.2) is 29.0 Å². The van der Waals surface area contributed by atoms with Gasteiger partial charge in [-0.05, 0) is 29.8 Å². The zero-order valence-electron chi connectivity index (χ0n) is 15.7. The first-order valence-corrected chi connectivity index (χ1v) is 9.29. The van der Waals surface area contributed by atoms with E-state index in [2.05, 4.69) is 15.6 Å². The molecule has 1 heterocycles. The van der Waals surface area contributed by atoms with E-state index in [9.17, 15) is 4.79 Å². The van der Waals surface area contributed by atoms with Gasteiger partial charge in [-0.25, -0.2) is 5.43 Å². The molecule has 0 spiro atoms. The standard InChI is InChI=1S/C20H18Cl2N4O3/c1-26-8-7-18(25-26)20(27)24-23-11-13-3-4-14(19(9-13)28-2)12-29-15-5-6-16(21)17(22)10-15/h3-11H,12H2,1-2H3,(H,24,27). The molecule has 0 aliphatic heterocycles. The fourth-order valence-corrected chi connectivity index (χ4v) is 2.74. The molecule has 0 saturated carbocycles. The number of nitrogens with zero attached hydrogens (tertiary/aromatic N) is 3. The summed E-state index contributed by atoms with van der Waals surface area (Å²) in [6.45, 7) is 0.287. The molecule has 0 aliphatic rings. The highest BCUT2D eigenvalue weighted by Gasteiger charge is 2.08. The second kappa shape index (κ2) is 9.45. The number of hydrogen-bond acceptors (Lipinski definition) is 5. The predicted octanol–water partition coefficient (Wildman–Crippen LogP) is 4.08. The molecule has 2 aromatic carbocycles. The molecular weight excluding hydrogens is 415 g/mol. The van der Waals surface area contributed by atoms with Crippen molar-refractivity contribution in [1.82, 2.24) is 15.2 Å². The largest absolute Gasteiger partial charge is 0.496 e. The van der Waals surface area contributed by atoms with E-state index in [1.807, 2.05) is 12.1 Å². The summed E-state index contributed by atoms with van der Waals surface area (Å²) in [6, 6.07) is 12.2. The van der Waals surface area contributed by atoms with Crippen molar-refractivity contribution in [1.29, 1.82) is 0 Å². The van der Waals surface area contributed by atoms with Crippen LogP contribution in [0.2, 0.25) is 10.0 Å². The molecule has 0 bridgehead atoms. The molecule has 150 valence electrons. The molecule has 0 aliphatic carbocycles. The maximum atomic E-state index is 11.9. The Balaban J connectivity index is 1.63. The molecule has 7 nitrogen and oxygen atoms in total. The number of nitrogens with one attached hydrogen (secondary N) is 1. The van der Waals surface area contributed by atoms with Crippen molar-refractivity contribution >= 4 is 35.3 Å². The Kier molecular flexibility index (Phi) is 6.74. The summed E-state index contributed by atoms with van der Waals surface area (Å²) < 4.78 is 12.7. The minimum Gasteiger partial charge on any atom is -0.496 e. The highest BCUT2D eigenvalue weighted by molar-refractivity contribution is 6.42. The molecule has 1 aromatic heterocycles. The number of hydrazone groups is 1. The molecule has 0 unspecified atom stereocenters. The Morgan fingerprint density at radius 1 is 1.21 bits per heavy atom. The lowest BCUT2D eigenvalue weighted by Crippen LogP contribution is -2.18. The van der Waals surface area contributed by atoms with Crippen LogP contribution in [0.1, 0.15) is 21.6 Å². The fourth-order valence-electron chi connectivity index (χ4n) is 2.45. The minimum absolute atomic E-state index is 0.287. The van der Waals surface area contributed by atoms with E-state index in [0.29, 0.717) is 21.5 Å². The molecular formula is C20H18Cl2N4O3. The lowest BCUT2D eigenvalue weighted by molar-refractivity contribution is 0.0949. The van der Waals surface area contributed by atoms with Gasteiger partial charge in [0.15, 0.2) is 5.69 Å². The molecule has 9 heteroatoms. The summed E-state index contributed by atoms with van der Waals surface area (Å²) >= 11 is 11.9. The van der Waals surface area contributed by atoms with Gasteiger partial charge in [0.2, 0.25) is 0 Å². The molecule has 3 aromatic rings. The monoisotopic (exact) mass is 432 g/mol. The summed E-state index contributed by atoms with van der Waals surface area (Å²) in [5, 5.41) is 8.86. The Bertz CT molecular complexity index is 1050. The van der Waals surface area contributed by atoms with Crippen LogP contribution in [0.25, 0.3) is 0 Å². The summed E-state index contributed by atoms with van der Waals surface area (Å²) in [6.07, 6.45) is 3.20. The molecule has 0 radical (unpaired) electrons. The quantitative estimate of drug-likeness (QED) is 0.450. The van der Waals surface area contributed by atoms with Crippen LogP contribution in [0.15, 0.2) is 53.8 Å². The number of aromatic nitrogens is 2. The number of carbonyl (C=O) groups is 1. The van der Waals surface area contributed by atoms with Crippen molar-refractivity contribution in [2.24, 2.45) is 12.1 Å². The number of halogens is 2. The average molecular weight is 433 g/mol. The van der Waals surface area contributed by atoms with Gasteiger partial charge in [0.25, 0.3) is 5.91 Å². The van der Waals surface area contributed by atoms with E-state index in [0.717, 1.165) is 11.1 Å². The number of carbonyl (C=O) groups excluding carboxylic acids is 1. The Labute approximate surface area is 177 Å². The van der Waals surface area contributed by atoms with Crippen LogP contribution in [0.5, 0.6) is 11.5 Å². The van der Waals surface area contributed by atoms with Crippen LogP contribution in [0.3, 0.4) is 0 Å². The van der Waals surface area contributed by atoms with Gasteiger partial charge >= 0.3 is 0 Å². The Morgan fingerprint density at radius 2 is 2.03 bits per heavy atom. The molecule has 0 fully saturated rings. The third kappa shape index (κ3) is 5.49. The van der Waals surface area contributed by atoms with E-state index in [1.54, 1.807) is 55.4 Å². The molecule has 29 heavy (non-hydrogen) atoms. The normalized spacial score (nSPS) is 10.9. The van der Waals surface area contributed by atoms with Gasteiger partial charge < -0.3 is 9.47 Å². The van der Waals surface area contributed by atoms with Crippen molar-refractivity contribution in [3.05, 3.63) is 75.5 Å². The lowest BCUT2D eigenvalue weighted by atomic mass is 10.1. The molecule has 0 saturated heterocycles. The number of methoxy groups -OCH3 is 1. The maximum absolute atomic E-state index is 11.9. The Hall–Kier alpha value is -3.03. The highest BCUT2D eigenvalue weighted by Crippen LogP contribution is 2.28. The van der Waals surface area contributed by atoms with Crippen LogP contribution < -0.4 is 14.9 Å². The van der Waals surface area contributed by atoms with Crippen LogP contribution >= 0.6 is 23.2 Å². The van der Waals surface area contributed by atoms with Crippen molar-refractivity contribution in [3.8, 4) is 11.5 Å². The predicted molar refractivity (Wildman–Crippen MR) is 112 cm³/mol. The number of hydrogen-bond donors (Lipinski definition) is 1. The van der Waals surface area contributed by atoms with Gasteiger partial charge in [0.1, 0.15) is 18.1 Å². The third-order valence-corrected chi connectivity index (χ3v) is 4.66. The van der Waals surface area contributed by atoms with Crippen molar-refractivity contribution in [2.75, 3.05) is 7.11 Å². The van der Waals surface area contributed by atoms with Crippen LogP contribution in [0.4, 0.5) is 0 Å². The highest BCUT2D eigenvalue weighted by atomic mass is 35.5. The fraction of sp³-hybridized carbons (Fsp3) is 0.150.